The molecule has 106 valence electrons. The van der Waals surface area contributed by atoms with Crippen molar-refractivity contribution in [2.75, 3.05) is 13.7 Å². The van der Waals surface area contributed by atoms with Gasteiger partial charge in [-0.05, 0) is 49.8 Å². The van der Waals surface area contributed by atoms with Crippen LogP contribution in [0.4, 0.5) is 0 Å². The number of hydrogen-bond donors (Lipinski definition) is 1. The van der Waals surface area contributed by atoms with Crippen LogP contribution in [0.3, 0.4) is 0 Å². The summed E-state index contributed by atoms with van der Waals surface area (Å²) in [5, 5.41) is 0. The van der Waals surface area contributed by atoms with Gasteiger partial charge in [-0.15, -0.1) is 0 Å². The van der Waals surface area contributed by atoms with E-state index >= 15 is 0 Å². The number of ether oxygens (including phenoxy) is 2. The molecule has 2 rings (SSSR count). The normalized spacial score (nSPS) is 18.7. The fourth-order valence-corrected chi connectivity index (χ4v) is 2.61. The first kappa shape index (κ1) is 14.4. The maximum Gasteiger partial charge on any atom is 0.119 e. The van der Waals surface area contributed by atoms with Crippen LogP contribution in [0.15, 0.2) is 24.3 Å². The molecule has 1 unspecified atom stereocenters. The molecule has 1 saturated carbocycles. The Bertz CT molecular complexity index is 379. The third-order valence-corrected chi connectivity index (χ3v) is 4.07. The second-order valence-electron chi connectivity index (χ2n) is 5.47. The number of methoxy groups -OCH3 is 1. The maximum absolute atomic E-state index is 6.30. The molecule has 1 fully saturated rings. The van der Waals surface area contributed by atoms with Crippen LogP contribution in [0, 0.1) is 0 Å². The summed E-state index contributed by atoms with van der Waals surface area (Å²) in [7, 11) is 1.80. The number of rotatable bonds is 7. The molecule has 3 nitrogen and oxygen atoms in total. The van der Waals surface area contributed by atoms with E-state index in [4.69, 9.17) is 15.2 Å². The molecule has 0 spiro atoms. The summed E-state index contributed by atoms with van der Waals surface area (Å²) in [5.41, 5.74) is 7.48. The van der Waals surface area contributed by atoms with Gasteiger partial charge in [-0.2, -0.15) is 0 Å². The minimum absolute atomic E-state index is 0.0246. The quantitative estimate of drug-likeness (QED) is 0.819. The molecule has 0 heterocycles. The van der Waals surface area contributed by atoms with Gasteiger partial charge in [-0.3, -0.25) is 0 Å². The molecule has 19 heavy (non-hydrogen) atoms. The second kappa shape index (κ2) is 6.40. The first-order chi connectivity index (χ1) is 9.19. The van der Waals surface area contributed by atoms with Crippen LogP contribution < -0.4 is 10.5 Å². The summed E-state index contributed by atoms with van der Waals surface area (Å²) >= 11 is 0. The van der Waals surface area contributed by atoms with E-state index in [1.807, 2.05) is 12.1 Å². The molecular formula is C16H25NO2. The molecule has 0 radical (unpaired) electrons. The van der Waals surface area contributed by atoms with Gasteiger partial charge in [0.25, 0.3) is 0 Å². The Hall–Kier alpha value is -1.06. The average Bonchev–Trinajstić information content (AvgIpc) is 2.41. The highest BCUT2D eigenvalue weighted by Crippen LogP contribution is 2.41. The first-order valence-electron chi connectivity index (χ1n) is 7.22. The molecule has 2 N–H and O–H groups in total. The highest BCUT2D eigenvalue weighted by Gasteiger charge is 2.38. The Morgan fingerprint density at radius 3 is 2.42 bits per heavy atom. The van der Waals surface area contributed by atoms with Gasteiger partial charge in [-0.1, -0.05) is 19.1 Å². The van der Waals surface area contributed by atoms with Gasteiger partial charge in [0.15, 0.2) is 0 Å². The lowest BCUT2D eigenvalue weighted by atomic mass is 9.75. The summed E-state index contributed by atoms with van der Waals surface area (Å²) in [4.78, 5) is 0. The van der Waals surface area contributed by atoms with Gasteiger partial charge in [-0.25, -0.2) is 0 Å². The van der Waals surface area contributed by atoms with Crippen LogP contribution in [0.1, 0.15) is 50.6 Å². The largest absolute Gasteiger partial charge is 0.494 e. The number of benzene rings is 1. The summed E-state index contributed by atoms with van der Waals surface area (Å²) in [5.74, 6) is 0.919. The van der Waals surface area contributed by atoms with Crippen molar-refractivity contribution in [1.29, 1.82) is 0 Å². The minimum atomic E-state index is 0.0246. The van der Waals surface area contributed by atoms with Crippen molar-refractivity contribution in [3.63, 3.8) is 0 Å². The lowest BCUT2D eigenvalue weighted by Gasteiger charge is -2.42. The molecule has 1 atom stereocenters. The van der Waals surface area contributed by atoms with Gasteiger partial charge in [0, 0.05) is 13.2 Å². The topological polar surface area (TPSA) is 44.5 Å². The van der Waals surface area contributed by atoms with E-state index < -0.39 is 0 Å². The van der Waals surface area contributed by atoms with Crippen molar-refractivity contribution < 1.29 is 9.47 Å². The molecule has 0 bridgehead atoms. The molecule has 0 saturated heterocycles. The molecule has 0 amide bonds. The van der Waals surface area contributed by atoms with Crippen molar-refractivity contribution in [2.24, 2.45) is 5.73 Å². The van der Waals surface area contributed by atoms with Crippen LogP contribution in [0.5, 0.6) is 5.75 Å². The van der Waals surface area contributed by atoms with E-state index in [1.54, 1.807) is 7.11 Å². The number of hydrogen-bond acceptors (Lipinski definition) is 3. The third kappa shape index (κ3) is 3.48. The molecule has 3 heteroatoms. The fourth-order valence-electron chi connectivity index (χ4n) is 2.61. The van der Waals surface area contributed by atoms with Crippen molar-refractivity contribution >= 4 is 0 Å². The van der Waals surface area contributed by atoms with Gasteiger partial charge in [0.05, 0.1) is 12.2 Å². The first-order valence-corrected chi connectivity index (χ1v) is 7.22. The Kier molecular flexibility index (Phi) is 4.83. The minimum Gasteiger partial charge on any atom is -0.494 e. The zero-order valence-electron chi connectivity index (χ0n) is 12.0. The van der Waals surface area contributed by atoms with E-state index in [9.17, 15) is 0 Å². The lowest BCUT2D eigenvalue weighted by Crippen LogP contribution is -2.41. The zero-order chi connectivity index (χ0) is 13.7. The van der Waals surface area contributed by atoms with Gasteiger partial charge >= 0.3 is 0 Å². The molecule has 1 aliphatic carbocycles. The summed E-state index contributed by atoms with van der Waals surface area (Å²) in [6.07, 6.45) is 5.45. The Balaban J connectivity index is 1.93. The molecular weight excluding hydrogens is 238 g/mol. The van der Waals surface area contributed by atoms with Crippen LogP contribution in [-0.2, 0) is 4.74 Å². The van der Waals surface area contributed by atoms with Crippen LogP contribution in [0.2, 0.25) is 0 Å². The smallest absolute Gasteiger partial charge is 0.119 e. The molecule has 0 aromatic heterocycles. The van der Waals surface area contributed by atoms with Crippen LogP contribution >= 0.6 is 0 Å². The lowest BCUT2D eigenvalue weighted by molar-refractivity contribution is -0.0816. The number of nitrogens with two attached hydrogens (primary N) is 1. The monoisotopic (exact) mass is 263 g/mol. The predicted molar refractivity (Wildman–Crippen MR) is 77.4 cm³/mol. The highest BCUT2D eigenvalue weighted by molar-refractivity contribution is 5.29. The maximum atomic E-state index is 6.30. The Morgan fingerprint density at radius 2 is 1.95 bits per heavy atom. The van der Waals surface area contributed by atoms with E-state index in [0.29, 0.717) is 0 Å². The third-order valence-electron chi connectivity index (χ3n) is 4.07. The standard InChI is InChI=1S/C16H25NO2/c1-3-11-19-14-7-5-13(6-8-14)15(17)12-16(18-2)9-4-10-16/h5-8,15H,3-4,9-12,17H2,1-2H3. The Morgan fingerprint density at radius 1 is 1.26 bits per heavy atom. The molecule has 1 aliphatic rings. The predicted octanol–water partition coefficient (Wildman–Crippen LogP) is 3.43. The molecule has 0 aliphatic heterocycles. The van der Waals surface area contributed by atoms with E-state index in [0.717, 1.165) is 43.6 Å². The van der Waals surface area contributed by atoms with Crippen molar-refractivity contribution in [2.45, 2.75) is 50.7 Å². The van der Waals surface area contributed by atoms with Gasteiger partial charge in [0.1, 0.15) is 5.75 Å². The average molecular weight is 263 g/mol. The van der Waals surface area contributed by atoms with Crippen LogP contribution in [-0.4, -0.2) is 19.3 Å². The molecule has 1 aromatic rings. The van der Waals surface area contributed by atoms with E-state index in [-0.39, 0.29) is 11.6 Å². The van der Waals surface area contributed by atoms with Crippen LogP contribution in [0.25, 0.3) is 0 Å². The second-order valence-corrected chi connectivity index (χ2v) is 5.47. The fraction of sp³-hybridized carbons (Fsp3) is 0.625. The summed E-state index contributed by atoms with van der Waals surface area (Å²) in [6, 6.07) is 8.19. The van der Waals surface area contributed by atoms with Crippen molar-refractivity contribution in [3.05, 3.63) is 29.8 Å². The van der Waals surface area contributed by atoms with Gasteiger partial charge < -0.3 is 15.2 Å². The SMILES string of the molecule is CCCOc1ccc(C(N)CC2(OC)CCC2)cc1. The van der Waals surface area contributed by atoms with Gasteiger partial charge in [0.2, 0.25) is 0 Å². The van der Waals surface area contributed by atoms with Crippen molar-refractivity contribution in [3.8, 4) is 5.75 Å². The van der Waals surface area contributed by atoms with E-state index in [2.05, 4.69) is 19.1 Å². The molecule has 1 aromatic carbocycles. The zero-order valence-corrected chi connectivity index (χ0v) is 12.0. The summed E-state index contributed by atoms with van der Waals surface area (Å²) in [6.45, 7) is 2.87. The van der Waals surface area contributed by atoms with Crippen molar-refractivity contribution in [1.82, 2.24) is 0 Å². The summed E-state index contributed by atoms with van der Waals surface area (Å²) < 4.78 is 11.2. The Labute approximate surface area is 116 Å². The highest BCUT2D eigenvalue weighted by atomic mass is 16.5. The van der Waals surface area contributed by atoms with E-state index in [1.165, 1.54) is 6.42 Å².